The van der Waals surface area contributed by atoms with Crippen LogP contribution >= 0.6 is 11.8 Å². The summed E-state index contributed by atoms with van der Waals surface area (Å²) in [6.45, 7) is 2.44. The van der Waals surface area contributed by atoms with Crippen molar-refractivity contribution in [3.63, 3.8) is 0 Å². The van der Waals surface area contributed by atoms with Gasteiger partial charge in [-0.05, 0) is 31.4 Å². The monoisotopic (exact) mass is 240 g/mol. The van der Waals surface area contributed by atoms with Crippen LogP contribution in [0.5, 0.6) is 0 Å². The first-order valence-corrected chi connectivity index (χ1v) is 6.56. The summed E-state index contributed by atoms with van der Waals surface area (Å²) in [4.78, 5) is 13.2. The standard InChI is InChI=1S/C11H16N2O2S/c1-16-10-3-2-9(15-10)7-13-5-4-8(6-13)11(12)14/h2-3,8H,4-7H2,1H3,(H2,12,14). The van der Waals surface area contributed by atoms with Crippen molar-refractivity contribution in [2.24, 2.45) is 11.7 Å². The number of likely N-dealkylation sites (tertiary alicyclic amines) is 1. The molecule has 16 heavy (non-hydrogen) atoms. The molecule has 2 N–H and O–H groups in total. The molecule has 2 heterocycles. The lowest BCUT2D eigenvalue weighted by atomic mass is 10.1. The van der Waals surface area contributed by atoms with Crippen LogP contribution in [0, 0.1) is 5.92 Å². The number of furan rings is 1. The fraction of sp³-hybridized carbons (Fsp3) is 0.545. The summed E-state index contributed by atoms with van der Waals surface area (Å²) >= 11 is 1.59. The SMILES string of the molecule is CSc1ccc(CN2CCC(C(N)=O)C2)o1. The van der Waals surface area contributed by atoms with E-state index in [1.165, 1.54) is 0 Å². The lowest BCUT2D eigenvalue weighted by Gasteiger charge is -2.12. The van der Waals surface area contributed by atoms with Crippen LogP contribution in [-0.4, -0.2) is 30.2 Å². The van der Waals surface area contributed by atoms with Gasteiger partial charge in [-0.2, -0.15) is 0 Å². The summed E-state index contributed by atoms with van der Waals surface area (Å²) in [5, 5.41) is 0.931. The minimum atomic E-state index is -0.188. The molecule has 4 nitrogen and oxygen atoms in total. The van der Waals surface area contributed by atoms with E-state index in [4.69, 9.17) is 10.2 Å². The van der Waals surface area contributed by atoms with E-state index in [2.05, 4.69) is 4.90 Å². The Bertz CT molecular complexity index is 378. The van der Waals surface area contributed by atoms with Gasteiger partial charge in [-0.15, -0.1) is 0 Å². The van der Waals surface area contributed by atoms with E-state index in [-0.39, 0.29) is 11.8 Å². The Morgan fingerprint density at radius 1 is 1.69 bits per heavy atom. The maximum Gasteiger partial charge on any atom is 0.221 e. The summed E-state index contributed by atoms with van der Waals surface area (Å²) < 4.78 is 5.60. The Balaban J connectivity index is 1.89. The number of carbonyl (C=O) groups is 1. The van der Waals surface area contributed by atoms with Gasteiger partial charge in [0.2, 0.25) is 5.91 Å². The highest BCUT2D eigenvalue weighted by Gasteiger charge is 2.26. The predicted octanol–water partition coefficient (Wildman–Crippen LogP) is 1.31. The van der Waals surface area contributed by atoms with E-state index >= 15 is 0 Å². The number of primary amides is 1. The summed E-state index contributed by atoms with van der Waals surface area (Å²) in [6.07, 6.45) is 2.85. The minimum absolute atomic E-state index is 0.00924. The number of nitrogens with zero attached hydrogens (tertiary/aromatic N) is 1. The first kappa shape index (κ1) is 11.5. The molecule has 5 heteroatoms. The van der Waals surface area contributed by atoms with Crippen LogP contribution in [0.25, 0.3) is 0 Å². The number of hydrogen-bond acceptors (Lipinski definition) is 4. The fourth-order valence-corrected chi connectivity index (χ4v) is 2.38. The molecule has 1 unspecified atom stereocenters. The van der Waals surface area contributed by atoms with Crippen LogP contribution in [0.2, 0.25) is 0 Å². The van der Waals surface area contributed by atoms with Gasteiger partial charge >= 0.3 is 0 Å². The third-order valence-electron chi connectivity index (χ3n) is 2.89. The molecule has 1 saturated heterocycles. The summed E-state index contributed by atoms with van der Waals surface area (Å²) in [7, 11) is 0. The molecule has 2 rings (SSSR count). The van der Waals surface area contributed by atoms with E-state index in [1.807, 2.05) is 18.4 Å². The molecule has 1 aromatic rings. The van der Waals surface area contributed by atoms with Gasteiger partial charge in [0.15, 0.2) is 5.09 Å². The second-order valence-corrected chi connectivity index (χ2v) is 4.86. The van der Waals surface area contributed by atoms with Gasteiger partial charge in [0.05, 0.1) is 12.5 Å². The lowest BCUT2D eigenvalue weighted by molar-refractivity contribution is -0.121. The van der Waals surface area contributed by atoms with Crippen molar-refractivity contribution in [3.05, 3.63) is 17.9 Å². The molecule has 1 fully saturated rings. The average molecular weight is 240 g/mol. The highest BCUT2D eigenvalue weighted by Crippen LogP contribution is 2.22. The van der Waals surface area contributed by atoms with Crippen LogP contribution < -0.4 is 5.73 Å². The molecule has 0 aliphatic carbocycles. The van der Waals surface area contributed by atoms with E-state index in [0.29, 0.717) is 0 Å². The number of rotatable bonds is 4. The predicted molar refractivity (Wildman–Crippen MR) is 63.1 cm³/mol. The third kappa shape index (κ3) is 2.59. The number of amides is 1. The molecular formula is C11H16N2O2S. The molecule has 1 aliphatic rings. The number of thioether (sulfide) groups is 1. The fourth-order valence-electron chi connectivity index (χ4n) is 1.98. The summed E-state index contributed by atoms with van der Waals surface area (Å²) in [5.41, 5.74) is 5.29. The van der Waals surface area contributed by atoms with E-state index in [1.54, 1.807) is 11.8 Å². The zero-order valence-electron chi connectivity index (χ0n) is 9.31. The maximum atomic E-state index is 11.0. The zero-order valence-corrected chi connectivity index (χ0v) is 10.1. The van der Waals surface area contributed by atoms with Crippen molar-refractivity contribution in [3.8, 4) is 0 Å². The topological polar surface area (TPSA) is 59.5 Å². The van der Waals surface area contributed by atoms with Gasteiger partial charge in [0.1, 0.15) is 5.76 Å². The molecule has 0 aromatic carbocycles. The van der Waals surface area contributed by atoms with Crippen LogP contribution in [-0.2, 0) is 11.3 Å². The number of carbonyl (C=O) groups excluding carboxylic acids is 1. The molecule has 0 bridgehead atoms. The lowest BCUT2D eigenvalue weighted by Crippen LogP contribution is -2.27. The quantitative estimate of drug-likeness (QED) is 0.806. The molecule has 1 amide bonds. The first-order valence-electron chi connectivity index (χ1n) is 5.33. The zero-order chi connectivity index (χ0) is 11.5. The van der Waals surface area contributed by atoms with E-state index < -0.39 is 0 Å². The Kier molecular flexibility index (Phi) is 3.56. The van der Waals surface area contributed by atoms with Crippen molar-refractivity contribution >= 4 is 17.7 Å². The molecule has 1 atom stereocenters. The molecule has 88 valence electrons. The Morgan fingerprint density at radius 3 is 3.06 bits per heavy atom. The molecular weight excluding hydrogens is 224 g/mol. The average Bonchev–Trinajstić information content (AvgIpc) is 2.87. The van der Waals surface area contributed by atoms with Crippen molar-refractivity contribution in [2.45, 2.75) is 18.1 Å². The van der Waals surface area contributed by atoms with Gasteiger partial charge in [0.25, 0.3) is 0 Å². The largest absolute Gasteiger partial charge is 0.454 e. The van der Waals surface area contributed by atoms with E-state index in [9.17, 15) is 4.79 Å². The minimum Gasteiger partial charge on any atom is -0.454 e. The van der Waals surface area contributed by atoms with Crippen LogP contribution in [0.3, 0.4) is 0 Å². The molecule has 0 spiro atoms. The smallest absolute Gasteiger partial charge is 0.221 e. The van der Waals surface area contributed by atoms with Gasteiger partial charge in [-0.3, -0.25) is 9.69 Å². The highest BCUT2D eigenvalue weighted by molar-refractivity contribution is 7.98. The van der Waals surface area contributed by atoms with Crippen LogP contribution in [0.1, 0.15) is 12.2 Å². The van der Waals surface area contributed by atoms with Gasteiger partial charge < -0.3 is 10.2 Å². The van der Waals surface area contributed by atoms with Crippen molar-refractivity contribution < 1.29 is 9.21 Å². The van der Waals surface area contributed by atoms with Gasteiger partial charge in [0, 0.05) is 6.54 Å². The Hall–Kier alpha value is -0.940. The Morgan fingerprint density at radius 2 is 2.50 bits per heavy atom. The molecule has 1 aromatic heterocycles. The summed E-state index contributed by atoms with van der Waals surface area (Å²) in [5.74, 6) is 0.774. The summed E-state index contributed by atoms with van der Waals surface area (Å²) in [6, 6.07) is 3.96. The maximum absolute atomic E-state index is 11.0. The van der Waals surface area contributed by atoms with Crippen molar-refractivity contribution in [1.82, 2.24) is 4.90 Å². The second-order valence-electron chi connectivity index (χ2n) is 4.05. The highest BCUT2D eigenvalue weighted by atomic mass is 32.2. The number of nitrogens with two attached hydrogens (primary N) is 1. The number of hydrogen-bond donors (Lipinski definition) is 1. The van der Waals surface area contributed by atoms with Gasteiger partial charge in [-0.1, -0.05) is 11.8 Å². The molecule has 0 radical (unpaired) electrons. The third-order valence-corrected chi connectivity index (χ3v) is 3.51. The van der Waals surface area contributed by atoms with Gasteiger partial charge in [-0.25, -0.2) is 0 Å². The van der Waals surface area contributed by atoms with Crippen LogP contribution in [0.4, 0.5) is 0 Å². The van der Waals surface area contributed by atoms with Crippen molar-refractivity contribution in [1.29, 1.82) is 0 Å². The Labute approximate surface area is 99.2 Å². The van der Waals surface area contributed by atoms with Crippen molar-refractivity contribution in [2.75, 3.05) is 19.3 Å². The van der Waals surface area contributed by atoms with E-state index in [0.717, 1.165) is 36.9 Å². The molecule has 0 saturated carbocycles. The second kappa shape index (κ2) is 4.93. The first-order chi connectivity index (χ1) is 7.69. The van der Waals surface area contributed by atoms with Crippen LogP contribution in [0.15, 0.2) is 21.6 Å². The normalized spacial score (nSPS) is 21.4. The molecule has 1 aliphatic heterocycles.